The standard InChI is InChI=1S/C32H35NO13/c1-33-13-31(30(39)40)28(37)24(36)29(38)32(14-34,46-31)45-17-10-19(15-5-4-6-16(35)9-15)23-22(11-17)43-12-20-18-7-8-21(41-2)27(42-3)26(18)44-25(20)23/h4-11,20,24-25,28-29,33-38H,12-14H2,1-3H3,(H,39,40)/t20-,24-,25+,28-,29+,31-,32+/m0/s1. The van der Waals surface area contributed by atoms with Gasteiger partial charge in [-0.1, -0.05) is 18.2 Å². The number of methoxy groups -OCH3 is 2. The fourth-order valence-corrected chi connectivity index (χ4v) is 6.53. The highest BCUT2D eigenvalue weighted by Crippen LogP contribution is 2.58. The van der Waals surface area contributed by atoms with Crippen molar-refractivity contribution in [2.45, 2.75) is 41.7 Å². The molecule has 3 aromatic carbocycles. The van der Waals surface area contributed by atoms with Crippen LogP contribution in [0.4, 0.5) is 0 Å². The molecule has 0 bridgehead atoms. The molecule has 3 heterocycles. The van der Waals surface area contributed by atoms with E-state index >= 15 is 0 Å². The molecule has 3 aliphatic rings. The molecule has 3 aromatic rings. The predicted octanol–water partition coefficient (Wildman–Crippen LogP) is 0.909. The summed E-state index contributed by atoms with van der Waals surface area (Å²) in [5.74, 6) is -2.83. The van der Waals surface area contributed by atoms with Crippen molar-refractivity contribution in [1.29, 1.82) is 0 Å². The Morgan fingerprint density at radius 2 is 1.85 bits per heavy atom. The third kappa shape index (κ3) is 4.76. The maximum atomic E-state index is 12.4. The quantitative estimate of drug-likeness (QED) is 0.174. The van der Waals surface area contributed by atoms with Crippen LogP contribution in [0.25, 0.3) is 11.1 Å². The number of carboxylic acids is 1. The Hall–Kier alpha value is -4.31. The van der Waals surface area contributed by atoms with Crippen LogP contribution in [-0.2, 0) is 9.53 Å². The van der Waals surface area contributed by atoms with Crippen LogP contribution in [0.15, 0.2) is 48.5 Å². The van der Waals surface area contributed by atoms with E-state index in [1.807, 2.05) is 6.07 Å². The minimum absolute atomic E-state index is 0.0267. The number of ether oxygens (including phenoxy) is 6. The molecule has 0 aliphatic carbocycles. The Labute approximate surface area is 263 Å². The molecular weight excluding hydrogens is 606 g/mol. The van der Waals surface area contributed by atoms with E-state index in [1.54, 1.807) is 18.2 Å². The summed E-state index contributed by atoms with van der Waals surface area (Å²) < 4.78 is 35.7. The average molecular weight is 642 g/mol. The van der Waals surface area contributed by atoms with E-state index in [9.17, 15) is 35.4 Å². The molecule has 14 nitrogen and oxygen atoms in total. The van der Waals surface area contributed by atoms with Crippen LogP contribution in [-0.4, -0.2) is 107 Å². The summed E-state index contributed by atoms with van der Waals surface area (Å²) in [6.07, 6.45) is -6.83. The molecule has 14 heteroatoms. The Morgan fingerprint density at radius 3 is 2.50 bits per heavy atom. The first-order valence-electron chi connectivity index (χ1n) is 14.5. The fourth-order valence-electron chi connectivity index (χ4n) is 6.53. The predicted molar refractivity (Wildman–Crippen MR) is 159 cm³/mol. The van der Waals surface area contributed by atoms with Crippen molar-refractivity contribution in [2.75, 3.05) is 41.0 Å². The lowest BCUT2D eigenvalue weighted by molar-refractivity contribution is -0.366. The molecule has 1 fully saturated rings. The lowest BCUT2D eigenvalue weighted by Crippen LogP contribution is -2.76. The van der Waals surface area contributed by atoms with Crippen molar-refractivity contribution in [3.05, 3.63) is 59.7 Å². The van der Waals surface area contributed by atoms with E-state index in [-0.39, 0.29) is 24.0 Å². The number of aromatic hydroxyl groups is 1. The third-order valence-corrected chi connectivity index (χ3v) is 8.76. The Kier molecular flexibility index (Phi) is 8.13. The van der Waals surface area contributed by atoms with Crippen LogP contribution in [0.2, 0.25) is 0 Å². The number of rotatable bonds is 9. The number of hydrogen-bond donors (Lipinski definition) is 7. The topological polar surface area (TPSA) is 206 Å². The number of aliphatic carboxylic acids is 1. The largest absolute Gasteiger partial charge is 0.508 e. The van der Waals surface area contributed by atoms with Gasteiger partial charge in [-0.15, -0.1) is 0 Å². The zero-order chi connectivity index (χ0) is 33.0. The lowest BCUT2D eigenvalue weighted by Gasteiger charge is -2.51. The third-order valence-electron chi connectivity index (χ3n) is 8.76. The van der Waals surface area contributed by atoms with Gasteiger partial charge in [0.1, 0.15) is 42.2 Å². The second kappa shape index (κ2) is 11.8. The molecule has 0 amide bonds. The highest BCUT2D eigenvalue weighted by molar-refractivity contribution is 5.79. The molecule has 1 saturated heterocycles. The van der Waals surface area contributed by atoms with E-state index in [2.05, 4.69) is 5.32 Å². The van der Waals surface area contributed by atoms with Gasteiger partial charge in [-0.2, -0.15) is 0 Å². The van der Waals surface area contributed by atoms with Gasteiger partial charge < -0.3 is 64.4 Å². The summed E-state index contributed by atoms with van der Waals surface area (Å²) in [6, 6.07) is 13.1. The van der Waals surface area contributed by atoms with Crippen molar-refractivity contribution in [2.24, 2.45) is 0 Å². The summed E-state index contributed by atoms with van der Waals surface area (Å²) in [7, 11) is 4.45. The van der Waals surface area contributed by atoms with Gasteiger partial charge in [0, 0.05) is 23.7 Å². The zero-order valence-corrected chi connectivity index (χ0v) is 25.2. The number of fused-ring (bicyclic) bond motifs is 5. The number of benzene rings is 3. The number of hydrogen-bond acceptors (Lipinski definition) is 13. The molecule has 46 heavy (non-hydrogen) atoms. The number of likely N-dealkylation sites (N-methyl/N-ethyl adjacent to an activating group) is 1. The van der Waals surface area contributed by atoms with Crippen LogP contribution in [0, 0.1) is 0 Å². The van der Waals surface area contributed by atoms with Gasteiger partial charge in [0.2, 0.25) is 11.4 Å². The molecule has 7 atom stereocenters. The maximum Gasteiger partial charge on any atom is 0.340 e. The minimum atomic E-state index is -2.54. The molecule has 0 radical (unpaired) electrons. The number of aliphatic hydroxyl groups excluding tert-OH is 4. The Morgan fingerprint density at radius 1 is 1.07 bits per heavy atom. The Balaban J connectivity index is 1.48. The van der Waals surface area contributed by atoms with E-state index in [0.29, 0.717) is 39.7 Å². The first-order valence-corrected chi connectivity index (χ1v) is 14.5. The first-order chi connectivity index (χ1) is 22.0. The molecule has 0 unspecified atom stereocenters. The van der Waals surface area contributed by atoms with Crippen molar-refractivity contribution in [3.63, 3.8) is 0 Å². The van der Waals surface area contributed by atoms with Crippen LogP contribution < -0.4 is 29.0 Å². The van der Waals surface area contributed by atoms with Gasteiger partial charge in [-0.25, -0.2) is 4.79 Å². The first kappa shape index (κ1) is 31.7. The lowest BCUT2D eigenvalue weighted by atomic mass is 9.83. The molecule has 6 rings (SSSR count). The SMILES string of the molecule is CNC[C@]1(C(=O)O)O[C@@](CO)(Oc2cc3c(c(-c4cccc(O)c4)c2)[C@@H]2Oc4c(ccc(OC)c4OC)[C@@H]2CO3)[C@H](O)[C@@H](O)[C@@H]1O. The van der Waals surface area contributed by atoms with Crippen LogP contribution in [0.1, 0.15) is 23.1 Å². The van der Waals surface area contributed by atoms with E-state index in [4.69, 9.17) is 28.4 Å². The second-order valence-corrected chi connectivity index (χ2v) is 11.4. The number of nitrogens with one attached hydrogen (secondary N) is 1. The number of aliphatic hydroxyl groups is 4. The van der Waals surface area contributed by atoms with Crippen LogP contribution in [0.5, 0.6) is 34.5 Å². The van der Waals surface area contributed by atoms with Gasteiger partial charge in [-0.3, -0.25) is 0 Å². The molecule has 0 saturated carbocycles. The zero-order valence-electron chi connectivity index (χ0n) is 25.2. The minimum Gasteiger partial charge on any atom is -0.508 e. The molecule has 246 valence electrons. The summed E-state index contributed by atoms with van der Waals surface area (Å²) in [4.78, 5) is 12.4. The van der Waals surface area contributed by atoms with Gasteiger partial charge in [0.15, 0.2) is 17.6 Å². The highest BCUT2D eigenvalue weighted by atomic mass is 16.7. The monoisotopic (exact) mass is 641 g/mol. The Bertz CT molecular complexity index is 1650. The second-order valence-electron chi connectivity index (χ2n) is 11.4. The van der Waals surface area contributed by atoms with E-state index in [0.717, 1.165) is 5.56 Å². The number of carboxylic acid groups (broad SMARTS) is 1. The molecule has 3 aliphatic heterocycles. The smallest absolute Gasteiger partial charge is 0.340 e. The number of phenols is 1. The van der Waals surface area contributed by atoms with Crippen molar-refractivity contribution >= 4 is 5.97 Å². The highest BCUT2D eigenvalue weighted by Gasteiger charge is 2.65. The van der Waals surface area contributed by atoms with E-state index in [1.165, 1.54) is 45.5 Å². The summed E-state index contributed by atoms with van der Waals surface area (Å²) in [5, 5.41) is 66.1. The number of carbonyl (C=O) groups is 1. The summed E-state index contributed by atoms with van der Waals surface area (Å²) in [6.45, 7) is -1.43. The van der Waals surface area contributed by atoms with Gasteiger partial charge >= 0.3 is 5.97 Å². The van der Waals surface area contributed by atoms with Crippen molar-refractivity contribution in [3.8, 4) is 45.6 Å². The van der Waals surface area contributed by atoms with Crippen LogP contribution in [0.3, 0.4) is 0 Å². The van der Waals surface area contributed by atoms with E-state index < -0.39 is 54.9 Å². The fraction of sp³-hybridized carbons (Fsp3) is 0.406. The maximum absolute atomic E-state index is 12.4. The molecule has 0 aromatic heterocycles. The number of phenolic OH excluding ortho intramolecular Hbond substituents is 1. The molecular formula is C32H35NO13. The van der Waals surface area contributed by atoms with Gasteiger partial charge in [0.25, 0.3) is 5.79 Å². The normalized spacial score (nSPS) is 29.4. The van der Waals surface area contributed by atoms with Gasteiger partial charge in [0.05, 0.1) is 26.7 Å². The average Bonchev–Trinajstić information content (AvgIpc) is 3.44. The van der Waals surface area contributed by atoms with Crippen molar-refractivity contribution < 1.29 is 63.9 Å². The molecule has 7 N–H and O–H groups in total. The summed E-state index contributed by atoms with van der Waals surface area (Å²) >= 11 is 0. The van der Waals surface area contributed by atoms with Crippen molar-refractivity contribution in [1.82, 2.24) is 5.32 Å². The summed E-state index contributed by atoms with van der Waals surface area (Å²) in [5.41, 5.74) is -0.0546. The van der Waals surface area contributed by atoms with Crippen LogP contribution >= 0.6 is 0 Å². The van der Waals surface area contributed by atoms with Gasteiger partial charge in [-0.05, 0) is 42.4 Å². The molecule has 0 spiro atoms.